The third-order valence-electron chi connectivity index (χ3n) is 6.50. The minimum atomic E-state index is -0.307. The van der Waals surface area contributed by atoms with Crippen LogP contribution in [0, 0.1) is 0 Å². The summed E-state index contributed by atoms with van der Waals surface area (Å²) in [5.41, 5.74) is 3.49. The summed E-state index contributed by atoms with van der Waals surface area (Å²) in [6, 6.07) is 22.9. The van der Waals surface area contributed by atoms with Crippen molar-refractivity contribution in [1.29, 1.82) is 0 Å². The van der Waals surface area contributed by atoms with E-state index >= 15 is 0 Å². The summed E-state index contributed by atoms with van der Waals surface area (Å²) < 4.78 is 0. The number of pyridine rings is 1. The molecule has 8 nitrogen and oxygen atoms in total. The van der Waals surface area contributed by atoms with Gasteiger partial charge in [-0.25, -0.2) is 19.9 Å². The summed E-state index contributed by atoms with van der Waals surface area (Å²) in [6.07, 6.45) is 4.27. The molecule has 0 saturated carbocycles. The Hall–Kier alpha value is -3.92. The van der Waals surface area contributed by atoms with E-state index in [-0.39, 0.29) is 18.3 Å². The Kier molecular flexibility index (Phi) is 8.41. The van der Waals surface area contributed by atoms with Gasteiger partial charge < -0.3 is 15.5 Å². The standard InChI is InChI=1S/C29H27N7OS.ClH/c37-27(33-22-12-5-4-11-21(22)28-34-23-13-8-14-31-29(23)38-28)24-19-25(30-15-18-36-16-6-7-17-36)35-26(32-24)20-9-2-1-3-10-20;/h1-5,8-14,19H,6-7,15-18H2,(H,33,37)(H,30,32,35);1H. The van der Waals surface area contributed by atoms with Crippen LogP contribution in [0.4, 0.5) is 11.5 Å². The number of anilines is 2. The van der Waals surface area contributed by atoms with Crippen molar-refractivity contribution in [1.82, 2.24) is 24.8 Å². The lowest BCUT2D eigenvalue weighted by atomic mass is 10.1. The highest BCUT2D eigenvalue weighted by Gasteiger charge is 2.17. The molecule has 198 valence electrons. The maximum absolute atomic E-state index is 13.5. The smallest absolute Gasteiger partial charge is 0.274 e. The summed E-state index contributed by atoms with van der Waals surface area (Å²) in [5.74, 6) is 0.833. The highest BCUT2D eigenvalue weighted by molar-refractivity contribution is 7.21. The monoisotopic (exact) mass is 557 g/mol. The molecule has 0 spiro atoms. The number of halogens is 1. The first kappa shape index (κ1) is 26.7. The fourth-order valence-corrected chi connectivity index (χ4v) is 5.52. The summed E-state index contributed by atoms with van der Waals surface area (Å²) in [7, 11) is 0. The molecule has 2 aromatic carbocycles. The van der Waals surface area contributed by atoms with Crippen molar-refractivity contribution >= 4 is 51.5 Å². The summed E-state index contributed by atoms with van der Waals surface area (Å²) in [6.45, 7) is 3.97. The van der Waals surface area contributed by atoms with Crippen molar-refractivity contribution in [3.8, 4) is 22.0 Å². The summed E-state index contributed by atoms with van der Waals surface area (Å²) >= 11 is 1.50. The second kappa shape index (κ2) is 12.3. The van der Waals surface area contributed by atoms with Gasteiger partial charge in [-0.05, 0) is 50.2 Å². The maximum atomic E-state index is 13.5. The van der Waals surface area contributed by atoms with Crippen molar-refractivity contribution in [2.24, 2.45) is 0 Å². The highest BCUT2D eigenvalue weighted by Crippen LogP contribution is 2.34. The van der Waals surface area contributed by atoms with E-state index in [2.05, 4.69) is 25.5 Å². The lowest BCUT2D eigenvalue weighted by molar-refractivity contribution is 0.102. The number of carbonyl (C=O) groups is 1. The van der Waals surface area contributed by atoms with E-state index in [9.17, 15) is 4.79 Å². The van der Waals surface area contributed by atoms with Gasteiger partial charge in [-0.15, -0.1) is 12.4 Å². The predicted octanol–water partition coefficient (Wildman–Crippen LogP) is 6.00. The van der Waals surface area contributed by atoms with Crippen LogP contribution in [-0.2, 0) is 0 Å². The van der Waals surface area contributed by atoms with Crippen molar-refractivity contribution < 1.29 is 4.79 Å². The van der Waals surface area contributed by atoms with Crippen LogP contribution < -0.4 is 10.6 Å². The van der Waals surface area contributed by atoms with Crippen LogP contribution in [0.15, 0.2) is 79.0 Å². The Morgan fingerprint density at radius 3 is 2.54 bits per heavy atom. The molecule has 1 saturated heterocycles. The first-order chi connectivity index (χ1) is 18.7. The first-order valence-electron chi connectivity index (χ1n) is 12.8. The van der Waals surface area contributed by atoms with E-state index in [1.165, 1.54) is 24.2 Å². The van der Waals surface area contributed by atoms with Gasteiger partial charge in [0.05, 0.1) is 5.69 Å². The number of hydrogen-bond acceptors (Lipinski definition) is 8. The summed E-state index contributed by atoms with van der Waals surface area (Å²) in [4.78, 5) is 35.3. The zero-order chi connectivity index (χ0) is 25.7. The number of rotatable bonds is 8. The number of hydrogen-bond donors (Lipinski definition) is 2. The molecule has 2 N–H and O–H groups in total. The highest BCUT2D eigenvalue weighted by atomic mass is 35.5. The van der Waals surface area contributed by atoms with Gasteiger partial charge in [0, 0.05) is 36.5 Å². The zero-order valence-electron chi connectivity index (χ0n) is 21.2. The van der Waals surface area contributed by atoms with Crippen LogP contribution in [0.25, 0.3) is 32.3 Å². The number of likely N-dealkylation sites (tertiary alicyclic amines) is 1. The molecule has 1 fully saturated rings. The number of fused-ring (bicyclic) bond motifs is 1. The number of benzene rings is 2. The van der Waals surface area contributed by atoms with E-state index in [4.69, 9.17) is 9.97 Å². The molecule has 0 unspecified atom stereocenters. The molecule has 0 radical (unpaired) electrons. The van der Waals surface area contributed by atoms with E-state index in [0.29, 0.717) is 23.0 Å². The fourth-order valence-electron chi connectivity index (χ4n) is 4.57. The van der Waals surface area contributed by atoms with E-state index in [0.717, 1.165) is 52.7 Å². The third kappa shape index (κ3) is 6.22. The molecule has 0 aliphatic carbocycles. The van der Waals surface area contributed by atoms with E-state index in [1.54, 1.807) is 12.3 Å². The van der Waals surface area contributed by atoms with Gasteiger partial charge >= 0.3 is 0 Å². The quantitative estimate of drug-likeness (QED) is 0.242. The lowest BCUT2D eigenvalue weighted by Crippen LogP contribution is -2.26. The molecule has 5 aromatic rings. The SMILES string of the molecule is Cl.O=C(Nc1ccccc1-c1nc2cccnc2s1)c1cc(NCCN2CCCC2)nc(-c2ccccc2)n1. The van der Waals surface area contributed by atoms with Gasteiger partial charge in [0.1, 0.15) is 26.9 Å². The Morgan fingerprint density at radius 2 is 1.72 bits per heavy atom. The molecule has 39 heavy (non-hydrogen) atoms. The molecule has 0 bridgehead atoms. The number of nitrogens with zero attached hydrogens (tertiary/aromatic N) is 5. The maximum Gasteiger partial charge on any atom is 0.274 e. The second-order valence-electron chi connectivity index (χ2n) is 9.15. The number of amides is 1. The molecular weight excluding hydrogens is 530 g/mol. The summed E-state index contributed by atoms with van der Waals surface area (Å²) in [5, 5.41) is 7.26. The first-order valence-corrected chi connectivity index (χ1v) is 13.6. The van der Waals surface area contributed by atoms with Crippen LogP contribution in [0.1, 0.15) is 23.3 Å². The number of thiazole rings is 1. The van der Waals surface area contributed by atoms with Crippen LogP contribution in [0.5, 0.6) is 0 Å². The Bertz CT molecular complexity index is 1540. The normalized spacial score (nSPS) is 13.2. The third-order valence-corrected chi connectivity index (χ3v) is 7.51. The van der Waals surface area contributed by atoms with Gasteiger partial charge in [0.25, 0.3) is 5.91 Å². The van der Waals surface area contributed by atoms with Crippen molar-refractivity contribution in [3.05, 3.63) is 84.7 Å². The molecule has 10 heteroatoms. The topological polar surface area (TPSA) is 95.9 Å². The van der Waals surface area contributed by atoms with E-state index in [1.807, 2.05) is 66.7 Å². The minimum Gasteiger partial charge on any atom is -0.369 e. The Balaban J connectivity index is 0.00000308. The van der Waals surface area contributed by atoms with Crippen LogP contribution in [0.3, 0.4) is 0 Å². The van der Waals surface area contributed by atoms with Crippen molar-refractivity contribution in [2.75, 3.05) is 36.8 Å². The van der Waals surface area contributed by atoms with Gasteiger partial charge in [0.2, 0.25) is 0 Å². The molecule has 6 rings (SSSR count). The molecule has 1 aliphatic heterocycles. The average Bonchev–Trinajstić information content (AvgIpc) is 3.64. The molecular formula is C29H28ClN7OS. The number of para-hydroxylation sites is 1. The second-order valence-corrected chi connectivity index (χ2v) is 10.1. The minimum absolute atomic E-state index is 0. The van der Waals surface area contributed by atoms with Gasteiger partial charge in [-0.1, -0.05) is 53.8 Å². The zero-order valence-corrected chi connectivity index (χ0v) is 22.8. The van der Waals surface area contributed by atoms with Crippen LogP contribution in [0.2, 0.25) is 0 Å². The molecule has 1 amide bonds. The largest absolute Gasteiger partial charge is 0.369 e. The van der Waals surface area contributed by atoms with E-state index < -0.39 is 0 Å². The van der Waals surface area contributed by atoms with Gasteiger partial charge in [0.15, 0.2) is 5.82 Å². The molecule has 4 heterocycles. The molecule has 1 aliphatic rings. The Labute approximate surface area is 237 Å². The average molecular weight is 558 g/mol. The van der Waals surface area contributed by atoms with Crippen molar-refractivity contribution in [3.63, 3.8) is 0 Å². The molecule has 0 atom stereocenters. The van der Waals surface area contributed by atoms with Crippen molar-refractivity contribution in [2.45, 2.75) is 12.8 Å². The number of carbonyl (C=O) groups excluding carboxylic acids is 1. The number of nitrogens with one attached hydrogen (secondary N) is 2. The van der Waals surface area contributed by atoms with Gasteiger partial charge in [-0.3, -0.25) is 4.79 Å². The Morgan fingerprint density at radius 1 is 0.923 bits per heavy atom. The molecule has 3 aromatic heterocycles. The fraction of sp³-hybridized carbons (Fsp3) is 0.207. The van der Waals surface area contributed by atoms with Crippen LogP contribution >= 0.6 is 23.7 Å². The van der Waals surface area contributed by atoms with Crippen LogP contribution in [-0.4, -0.2) is 56.9 Å². The lowest BCUT2D eigenvalue weighted by Gasteiger charge is -2.16. The van der Waals surface area contributed by atoms with Gasteiger partial charge in [-0.2, -0.15) is 0 Å². The number of aromatic nitrogens is 4. The predicted molar refractivity (Wildman–Crippen MR) is 160 cm³/mol.